The Kier molecular flexibility index (Phi) is 6.14. The maximum atomic E-state index is 12.9. The highest BCUT2D eigenvalue weighted by Gasteiger charge is 2.33. The molecule has 0 aliphatic heterocycles. The molecule has 10 heteroatoms. The monoisotopic (exact) mass is 463 g/mol. The number of alkyl halides is 3. The van der Waals surface area contributed by atoms with E-state index in [2.05, 4.69) is 10.3 Å². The molecule has 3 aromatic rings. The van der Waals surface area contributed by atoms with Crippen LogP contribution in [0.4, 0.5) is 18.9 Å². The van der Waals surface area contributed by atoms with Gasteiger partial charge in [0.25, 0.3) is 5.91 Å². The minimum atomic E-state index is -4.68. The lowest BCUT2D eigenvalue weighted by Crippen LogP contribution is -2.18. The second-order valence-corrected chi connectivity index (χ2v) is 8.67. The molecule has 1 amide bonds. The number of rotatable bonds is 4. The second kappa shape index (κ2) is 8.85. The standard InChI is InChI=1S/C22H20F3N3O3S/c1-31-21(30)13-10-16-17(32-20(28-16)12-6-3-2-4-7-12)11-15(13)27-19(29)14-8-5-9-18(26-14)22(23,24)25/h5,8-12H,2-4,6-7H2,1H3,(H,27,29). The number of halogens is 3. The van der Waals surface area contributed by atoms with E-state index in [-0.39, 0.29) is 11.3 Å². The van der Waals surface area contributed by atoms with Crippen molar-refractivity contribution in [1.82, 2.24) is 9.97 Å². The van der Waals surface area contributed by atoms with Gasteiger partial charge in [0.15, 0.2) is 0 Å². The summed E-state index contributed by atoms with van der Waals surface area (Å²) < 4.78 is 44.4. The Morgan fingerprint density at radius 1 is 1.12 bits per heavy atom. The van der Waals surface area contributed by atoms with E-state index in [1.54, 1.807) is 12.1 Å². The fourth-order valence-corrected chi connectivity index (χ4v) is 4.96. The third-order valence-electron chi connectivity index (χ3n) is 5.42. The van der Waals surface area contributed by atoms with Gasteiger partial charge >= 0.3 is 12.1 Å². The van der Waals surface area contributed by atoms with Crippen molar-refractivity contribution in [1.29, 1.82) is 0 Å². The average molecular weight is 463 g/mol. The van der Waals surface area contributed by atoms with Gasteiger partial charge in [0, 0.05) is 5.92 Å². The van der Waals surface area contributed by atoms with E-state index in [1.807, 2.05) is 0 Å². The smallest absolute Gasteiger partial charge is 0.433 e. The first-order valence-corrected chi connectivity index (χ1v) is 11.0. The summed E-state index contributed by atoms with van der Waals surface area (Å²) in [6.07, 6.45) is 0.972. The van der Waals surface area contributed by atoms with Gasteiger partial charge in [-0.1, -0.05) is 25.3 Å². The number of carbonyl (C=O) groups is 2. The number of pyridine rings is 1. The fraction of sp³-hybridized carbons (Fsp3) is 0.364. The van der Waals surface area contributed by atoms with E-state index >= 15 is 0 Å². The van der Waals surface area contributed by atoms with Gasteiger partial charge in [-0.15, -0.1) is 11.3 Å². The number of benzene rings is 1. The van der Waals surface area contributed by atoms with E-state index in [0.717, 1.165) is 47.5 Å². The topological polar surface area (TPSA) is 81.2 Å². The van der Waals surface area contributed by atoms with Gasteiger partial charge in [-0.05, 0) is 37.1 Å². The molecule has 2 aromatic heterocycles. The predicted molar refractivity (Wildman–Crippen MR) is 114 cm³/mol. The molecule has 32 heavy (non-hydrogen) atoms. The normalized spacial score (nSPS) is 15.0. The summed E-state index contributed by atoms with van der Waals surface area (Å²) in [4.78, 5) is 33.1. The van der Waals surface area contributed by atoms with Gasteiger partial charge < -0.3 is 10.1 Å². The number of esters is 1. The number of hydrogen-bond donors (Lipinski definition) is 1. The maximum absolute atomic E-state index is 12.9. The number of thiazole rings is 1. The lowest BCUT2D eigenvalue weighted by atomic mass is 9.90. The molecule has 0 spiro atoms. The first kappa shape index (κ1) is 22.2. The van der Waals surface area contributed by atoms with E-state index in [1.165, 1.54) is 30.9 Å². The minimum absolute atomic E-state index is 0.0702. The fourth-order valence-electron chi connectivity index (χ4n) is 3.80. The lowest BCUT2D eigenvalue weighted by Gasteiger charge is -2.18. The first-order valence-electron chi connectivity index (χ1n) is 10.1. The van der Waals surface area contributed by atoms with Gasteiger partial charge in [0.05, 0.1) is 33.6 Å². The number of anilines is 1. The van der Waals surface area contributed by atoms with Gasteiger partial charge in [-0.2, -0.15) is 13.2 Å². The summed E-state index contributed by atoms with van der Waals surface area (Å²) in [6, 6.07) is 6.21. The number of fused-ring (bicyclic) bond motifs is 1. The molecule has 2 heterocycles. The van der Waals surface area contributed by atoms with Crippen LogP contribution in [0.3, 0.4) is 0 Å². The van der Waals surface area contributed by atoms with Crippen LogP contribution in [0.25, 0.3) is 10.2 Å². The molecule has 0 unspecified atom stereocenters. The largest absolute Gasteiger partial charge is 0.465 e. The molecule has 0 saturated heterocycles. The predicted octanol–water partition coefficient (Wildman–Crippen LogP) is 5.80. The summed E-state index contributed by atoms with van der Waals surface area (Å²) >= 11 is 1.50. The van der Waals surface area contributed by atoms with Crippen LogP contribution >= 0.6 is 11.3 Å². The number of ether oxygens (including phenoxy) is 1. The number of nitrogens with zero attached hydrogens (tertiary/aromatic N) is 2. The molecular weight excluding hydrogens is 443 g/mol. The Hall–Kier alpha value is -3.01. The molecule has 1 aromatic carbocycles. The van der Waals surface area contributed by atoms with Crippen LogP contribution in [-0.4, -0.2) is 29.0 Å². The van der Waals surface area contributed by atoms with Crippen LogP contribution in [0.2, 0.25) is 0 Å². The van der Waals surface area contributed by atoms with E-state index in [9.17, 15) is 22.8 Å². The molecule has 0 bridgehead atoms. The highest BCUT2D eigenvalue weighted by molar-refractivity contribution is 7.18. The zero-order chi connectivity index (χ0) is 22.9. The first-order chi connectivity index (χ1) is 15.3. The maximum Gasteiger partial charge on any atom is 0.433 e. The van der Waals surface area contributed by atoms with E-state index in [4.69, 9.17) is 9.72 Å². The Morgan fingerprint density at radius 2 is 1.88 bits per heavy atom. The molecule has 4 rings (SSSR count). The summed E-state index contributed by atoms with van der Waals surface area (Å²) in [5.74, 6) is -1.18. The highest BCUT2D eigenvalue weighted by Crippen LogP contribution is 2.38. The Morgan fingerprint density at radius 3 is 2.56 bits per heavy atom. The molecule has 1 aliphatic carbocycles. The molecular formula is C22H20F3N3O3S. The number of aromatic nitrogens is 2. The minimum Gasteiger partial charge on any atom is -0.465 e. The van der Waals surface area contributed by atoms with Crippen LogP contribution < -0.4 is 5.32 Å². The van der Waals surface area contributed by atoms with Crippen molar-refractivity contribution in [2.45, 2.75) is 44.2 Å². The number of amides is 1. The van der Waals surface area contributed by atoms with Gasteiger partial charge in [-0.25, -0.2) is 14.8 Å². The Labute approximate surface area is 185 Å². The Balaban J connectivity index is 1.68. The summed E-state index contributed by atoms with van der Waals surface area (Å²) in [5.41, 5.74) is -0.768. The van der Waals surface area contributed by atoms with Gasteiger partial charge in [0.1, 0.15) is 11.4 Å². The number of carbonyl (C=O) groups excluding carboxylic acids is 2. The average Bonchev–Trinajstić information content (AvgIpc) is 3.21. The van der Waals surface area contributed by atoms with Crippen molar-refractivity contribution in [3.63, 3.8) is 0 Å². The van der Waals surface area contributed by atoms with Gasteiger partial charge in [-0.3, -0.25) is 4.79 Å². The lowest BCUT2D eigenvalue weighted by molar-refractivity contribution is -0.141. The Bertz CT molecular complexity index is 1170. The van der Waals surface area contributed by atoms with Crippen LogP contribution in [0.1, 0.15) is 69.6 Å². The third kappa shape index (κ3) is 4.59. The molecule has 1 aliphatic rings. The zero-order valence-electron chi connectivity index (χ0n) is 17.2. The van der Waals surface area contributed by atoms with Crippen molar-refractivity contribution in [2.75, 3.05) is 12.4 Å². The molecule has 0 radical (unpaired) electrons. The van der Waals surface area contributed by atoms with Crippen LogP contribution in [0, 0.1) is 0 Å². The van der Waals surface area contributed by atoms with Crippen molar-refractivity contribution in [3.05, 3.63) is 52.3 Å². The second-order valence-electron chi connectivity index (χ2n) is 7.60. The van der Waals surface area contributed by atoms with Crippen molar-refractivity contribution in [2.24, 2.45) is 0 Å². The number of nitrogens with one attached hydrogen (secondary N) is 1. The molecule has 1 saturated carbocycles. The van der Waals surface area contributed by atoms with Crippen molar-refractivity contribution < 1.29 is 27.5 Å². The molecule has 0 atom stereocenters. The van der Waals surface area contributed by atoms with E-state index in [0.29, 0.717) is 11.4 Å². The van der Waals surface area contributed by atoms with Crippen LogP contribution in [0.15, 0.2) is 30.3 Å². The quantitative estimate of drug-likeness (QED) is 0.495. The van der Waals surface area contributed by atoms with Crippen LogP contribution in [-0.2, 0) is 10.9 Å². The van der Waals surface area contributed by atoms with Crippen LogP contribution in [0.5, 0.6) is 0 Å². The number of methoxy groups -OCH3 is 1. The summed E-state index contributed by atoms with van der Waals surface area (Å²) in [5, 5.41) is 3.50. The van der Waals surface area contributed by atoms with Gasteiger partial charge in [0.2, 0.25) is 0 Å². The van der Waals surface area contributed by atoms with E-state index < -0.39 is 29.4 Å². The number of hydrogen-bond acceptors (Lipinski definition) is 6. The SMILES string of the molecule is COC(=O)c1cc2nc(C3CCCCC3)sc2cc1NC(=O)c1cccc(C(F)(F)F)n1. The molecule has 6 nitrogen and oxygen atoms in total. The highest BCUT2D eigenvalue weighted by atomic mass is 32.1. The van der Waals surface area contributed by atoms with Crippen molar-refractivity contribution >= 4 is 39.1 Å². The summed E-state index contributed by atoms with van der Waals surface area (Å²) in [6.45, 7) is 0. The molecule has 168 valence electrons. The third-order valence-corrected chi connectivity index (χ3v) is 6.61. The zero-order valence-corrected chi connectivity index (χ0v) is 18.0. The molecule has 1 fully saturated rings. The van der Waals surface area contributed by atoms with Crippen molar-refractivity contribution in [3.8, 4) is 0 Å². The molecule has 1 N–H and O–H groups in total. The summed E-state index contributed by atoms with van der Waals surface area (Å²) in [7, 11) is 1.21.